The van der Waals surface area contributed by atoms with Crippen molar-refractivity contribution >= 4 is 13.7 Å². The van der Waals surface area contributed by atoms with Gasteiger partial charge in [0.15, 0.2) is 0 Å². The number of carbonyl (C=O) groups excluding carboxylic acids is 1. The molecule has 0 heterocycles. The van der Waals surface area contributed by atoms with Crippen molar-refractivity contribution in [2.45, 2.75) is 71.1 Å². The average Bonchev–Trinajstić information content (AvgIpc) is 2.67. The van der Waals surface area contributed by atoms with E-state index >= 15 is 0 Å². The average molecular weight is 427 g/mol. The summed E-state index contributed by atoms with van der Waals surface area (Å²) in [4.78, 5) is 22.8. The lowest BCUT2D eigenvalue weighted by atomic mass is 10.1. The molecule has 0 aliphatic carbocycles. The first-order valence-corrected chi connectivity index (χ1v) is 11.9. The van der Waals surface area contributed by atoms with Crippen molar-refractivity contribution in [3.8, 4) is 0 Å². The third-order valence-electron chi connectivity index (χ3n) is 4.37. The van der Waals surface area contributed by atoms with Crippen LogP contribution in [0.3, 0.4) is 0 Å². The lowest BCUT2D eigenvalue weighted by Crippen LogP contribution is -3.10. The van der Waals surface area contributed by atoms with Crippen LogP contribution >= 0.6 is 7.82 Å². The van der Waals surface area contributed by atoms with Crippen LogP contribution in [-0.2, 0) is 18.4 Å². The molecule has 0 aromatic rings. The van der Waals surface area contributed by atoms with Crippen LogP contribution < -0.4 is 15.1 Å². The van der Waals surface area contributed by atoms with E-state index in [1.807, 2.05) is 7.05 Å². The Kier molecular flexibility index (Phi) is 22.5. The number of amides is 1. The molecule has 0 fully saturated rings. The number of hydrogen-bond donors (Lipinski definition) is 3. The summed E-state index contributed by atoms with van der Waals surface area (Å²) >= 11 is 0. The predicted molar refractivity (Wildman–Crippen MR) is 110 cm³/mol. The molecule has 9 heteroatoms. The van der Waals surface area contributed by atoms with Gasteiger partial charge < -0.3 is 29.3 Å². The molecule has 170 valence electrons. The molecular weight excluding hydrogens is 383 g/mol. The first-order chi connectivity index (χ1) is 13.3. The Morgan fingerprint density at radius 3 is 1.93 bits per heavy atom. The fraction of sp³-hybridized carbons (Fsp3) is 0.947. The third kappa shape index (κ3) is 23.5. The van der Waals surface area contributed by atoms with E-state index in [1.165, 1.54) is 56.3 Å². The molecule has 0 aliphatic rings. The summed E-state index contributed by atoms with van der Waals surface area (Å²) in [6.07, 6.45) is 12.2. The van der Waals surface area contributed by atoms with Gasteiger partial charge in [-0.05, 0) is 6.42 Å². The van der Waals surface area contributed by atoms with E-state index in [-0.39, 0.29) is 12.5 Å². The maximum Gasteiger partial charge on any atom is 0.267 e. The van der Waals surface area contributed by atoms with Gasteiger partial charge in [-0.15, -0.1) is 0 Å². The Labute approximate surface area is 171 Å². The molecule has 0 aromatic heterocycles. The van der Waals surface area contributed by atoms with Crippen LogP contribution in [0.15, 0.2) is 0 Å². The van der Waals surface area contributed by atoms with Gasteiger partial charge in [0, 0.05) is 20.6 Å². The SMILES string of the molecule is CCCCCCCCCCCC(=O)NCC[NH+](C)CCO.COP(=O)([O-])OC. The maximum absolute atomic E-state index is 11.6. The van der Waals surface area contributed by atoms with Gasteiger partial charge in [-0.1, -0.05) is 58.3 Å². The van der Waals surface area contributed by atoms with E-state index in [4.69, 9.17) is 5.11 Å². The molecule has 0 saturated heterocycles. The highest BCUT2D eigenvalue weighted by molar-refractivity contribution is 7.45. The maximum atomic E-state index is 11.6. The Bertz CT molecular complexity index is 391. The monoisotopic (exact) mass is 426 g/mol. The van der Waals surface area contributed by atoms with Gasteiger partial charge in [0.2, 0.25) is 5.91 Å². The fourth-order valence-corrected chi connectivity index (χ4v) is 2.64. The predicted octanol–water partition coefficient (Wildman–Crippen LogP) is 1.28. The normalized spacial score (nSPS) is 12.2. The van der Waals surface area contributed by atoms with Crippen molar-refractivity contribution in [1.29, 1.82) is 0 Å². The number of phosphoric acid groups is 1. The number of carbonyl (C=O) groups is 1. The minimum Gasteiger partial charge on any atom is -0.756 e. The highest BCUT2D eigenvalue weighted by Gasteiger charge is 2.03. The molecule has 0 bridgehead atoms. The second-order valence-electron chi connectivity index (χ2n) is 6.92. The first kappa shape index (κ1) is 29.7. The highest BCUT2D eigenvalue weighted by Crippen LogP contribution is 2.34. The molecule has 0 rings (SSSR count). The molecular formula is C19H43N2O6P. The summed E-state index contributed by atoms with van der Waals surface area (Å²) < 4.78 is 17.7. The molecule has 0 aliphatic heterocycles. The van der Waals surface area contributed by atoms with Gasteiger partial charge in [-0.3, -0.25) is 9.36 Å². The first-order valence-electron chi connectivity index (χ1n) is 10.4. The molecule has 1 unspecified atom stereocenters. The summed E-state index contributed by atoms with van der Waals surface area (Å²) in [7, 11) is 0.204. The molecule has 0 spiro atoms. The van der Waals surface area contributed by atoms with E-state index in [0.29, 0.717) is 13.0 Å². The van der Waals surface area contributed by atoms with Crippen LogP contribution in [0.25, 0.3) is 0 Å². The Hall–Kier alpha value is -0.500. The third-order valence-corrected chi connectivity index (χ3v) is 5.26. The van der Waals surface area contributed by atoms with Crippen LogP contribution in [0.4, 0.5) is 0 Å². The number of aliphatic hydroxyl groups excluding tert-OH is 1. The van der Waals surface area contributed by atoms with Crippen molar-refractivity contribution in [3.63, 3.8) is 0 Å². The van der Waals surface area contributed by atoms with Gasteiger partial charge in [0.05, 0.1) is 26.7 Å². The molecule has 0 aromatic carbocycles. The zero-order chi connectivity index (χ0) is 21.7. The summed E-state index contributed by atoms with van der Waals surface area (Å²) in [5.41, 5.74) is 0. The molecule has 1 amide bonds. The van der Waals surface area contributed by atoms with E-state index in [1.54, 1.807) is 0 Å². The number of nitrogens with one attached hydrogen (secondary N) is 2. The van der Waals surface area contributed by atoms with E-state index < -0.39 is 7.82 Å². The Morgan fingerprint density at radius 2 is 1.50 bits per heavy atom. The largest absolute Gasteiger partial charge is 0.756 e. The summed E-state index contributed by atoms with van der Waals surface area (Å²) in [5, 5.41) is 11.7. The lowest BCUT2D eigenvalue weighted by molar-refractivity contribution is -0.878. The van der Waals surface area contributed by atoms with Gasteiger partial charge in [-0.25, -0.2) is 0 Å². The number of hydrogen-bond acceptors (Lipinski definition) is 6. The summed E-state index contributed by atoms with van der Waals surface area (Å²) in [6, 6.07) is 0. The minimum absolute atomic E-state index is 0.176. The van der Waals surface area contributed by atoms with Crippen molar-refractivity contribution in [3.05, 3.63) is 0 Å². The molecule has 8 nitrogen and oxygen atoms in total. The minimum atomic E-state index is -3.90. The van der Waals surface area contributed by atoms with Crippen molar-refractivity contribution in [2.24, 2.45) is 0 Å². The Morgan fingerprint density at radius 1 is 1.00 bits per heavy atom. The number of rotatable bonds is 17. The number of unbranched alkanes of at least 4 members (excludes halogenated alkanes) is 8. The quantitative estimate of drug-likeness (QED) is 0.239. The van der Waals surface area contributed by atoms with Gasteiger partial charge in [0.1, 0.15) is 6.54 Å². The van der Waals surface area contributed by atoms with Crippen LogP contribution in [0.1, 0.15) is 71.1 Å². The van der Waals surface area contributed by atoms with Crippen molar-refractivity contribution in [1.82, 2.24) is 5.32 Å². The molecule has 1 atom stereocenters. The number of aliphatic hydroxyl groups is 1. The van der Waals surface area contributed by atoms with Crippen LogP contribution in [0.2, 0.25) is 0 Å². The molecule has 0 radical (unpaired) electrons. The summed E-state index contributed by atoms with van der Waals surface area (Å²) in [5.74, 6) is 0.176. The smallest absolute Gasteiger partial charge is 0.267 e. The number of likely N-dealkylation sites (N-methyl/N-ethyl adjacent to an activating group) is 1. The van der Waals surface area contributed by atoms with Gasteiger partial charge >= 0.3 is 0 Å². The standard InChI is InChI=1S/C17H36N2O2.C2H7O4P/c1-3-4-5-6-7-8-9-10-11-12-17(21)18-13-14-19(2)15-16-20;1-5-7(3,4)6-2/h20H,3-16H2,1-2H3,(H,18,21);1-2H3,(H,3,4). The zero-order valence-corrected chi connectivity index (χ0v) is 19.2. The van der Waals surface area contributed by atoms with Crippen molar-refractivity contribution in [2.75, 3.05) is 47.5 Å². The number of quaternary nitrogens is 1. The van der Waals surface area contributed by atoms with Crippen molar-refractivity contribution < 1.29 is 33.3 Å². The highest BCUT2D eigenvalue weighted by atomic mass is 31.2. The molecule has 0 saturated carbocycles. The summed E-state index contributed by atoms with van der Waals surface area (Å²) in [6.45, 7) is 4.79. The van der Waals surface area contributed by atoms with E-state index in [2.05, 4.69) is 21.3 Å². The van der Waals surface area contributed by atoms with Crippen LogP contribution in [-0.4, -0.2) is 58.5 Å². The van der Waals surface area contributed by atoms with Gasteiger partial charge in [-0.2, -0.15) is 0 Å². The van der Waals surface area contributed by atoms with Crippen LogP contribution in [0, 0.1) is 0 Å². The van der Waals surface area contributed by atoms with E-state index in [0.717, 1.165) is 33.7 Å². The second kappa shape index (κ2) is 21.2. The topological polar surface area (TPSA) is 112 Å². The Balaban J connectivity index is 0. The van der Waals surface area contributed by atoms with E-state index in [9.17, 15) is 14.3 Å². The van der Waals surface area contributed by atoms with Gasteiger partial charge in [0.25, 0.3) is 7.82 Å². The molecule has 28 heavy (non-hydrogen) atoms. The van der Waals surface area contributed by atoms with Crippen LogP contribution in [0.5, 0.6) is 0 Å². The fourth-order valence-electron chi connectivity index (χ4n) is 2.49. The number of phosphoric ester groups is 1. The zero-order valence-electron chi connectivity index (χ0n) is 18.3. The second-order valence-corrected chi connectivity index (χ2v) is 8.55. The lowest BCUT2D eigenvalue weighted by Gasteiger charge is -2.16. The molecule has 3 N–H and O–H groups in total.